The Balaban J connectivity index is 2.14. The van der Waals surface area contributed by atoms with Crippen LogP contribution in [-0.2, 0) is 0 Å². The summed E-state index contributed by atoms with van der Waals surface area (Å²) in [5.74, 6) is 0. The molecule has 0 fully saturated rings. The van der Waals surface area contributed by atoms with Crippen molar-refractivity contribution in [1.82, 2.24) is 15.7 Å². The van der Waals surface area contributed by atoms with Gasteiger partial charge in [0.2, 0.25) is 0 Å². The van der Waals surface area contributed by atoms with Gasteiger partial charge in [-0.2, -0.15) is 5.10 Å². The lowest BCUT2D eigenvalue weighted by Crippen LogP contribution is -2.33. The fraction of sp³-hybridized carbons (Fsp3) is 0.562. The number of nitrogens with one attached hydrogen (secondary N) is 2. The number of pyridine rings is 1. The molecular formula is C16H26N4S. The molecule has 0 aromatic carbocycles. The molecule has 1 heterocycles. The van der Waals surface area contributed by atoms with Crippen molar-refractivity contribution in [3.63, 3.8) is 0 Å². The van der Waals surface area contributed by atoms with Gasteiger partial charge in [0.15, 0.2) is 5.11 Å². The quantitative estimate of drug-likeness (QED) is 0.316. The van der Waals surface area contributed by atoms with Crippen molar-refractivity contribution in [3.8, 4) is 0 Å². The van der Waals surface area contributed by atoms with Crippen molar-refractivity contribution in [3.05, 3.63) is 30.1 Å². The Morgan fingerprint density at radius 1 is 1.19 bits per heavy atom. The Morgan fingerprint density at radius 3 is 2.67 bits per heavy atom. The van der Waals surface area contributed by atoms with E-state index in [9.17, 15) is 0 Å². The van der Waals surface area contributed by atoms with E-state index in [0.29, 0.717) is 5.11 Å². The average Bonchev–Trinajstić information content (AvgIpc) is 2.52. The first-order valence-corrected chi connectivity index (χ1v) is 8.14. The van der Waals surface area contributed by atoms with Gasteiger partial charge in [0.05, 0.1) is 11.4 Å². The van der Waals surface area contributed by atoms with Crippen LogP contribution in [0.5, 0.6) is 0 Å². The van der Waals surface area contributed by atoms with Gasteiger partial charge in [-0.25, -0.2) is 0 Å². The lowest BCUT2D eigenvalue weighted by atomic mass is 10.1. The molecule has 21 heavy (non-hydrogen) atoms. The first-order valence-electron chi connectivity index (χ1n) is 7.73. The summed E-state index contributed by atoms with van der Waals surface area (Å²) >= 11 is 5.19. The second kappa shape index (κ2) is 11.2. The van der Waals surface area contributed by atoms with Gasteiger partial charge in [-0.3, -0.25) is 10.4 Å². The van der Waals surface area contributed by atoms with Gasteiger partial charge >= 0.3 is 0 Å². The van der Waals surface area contributed by atoms with Crippen molar-refractivity contribution in [2.45, 2.75) is 52.4 Å². The van der Waals surface area contributed by atoms with E-state index in [4.69, 9.17) is 12.2 Å². The van der Waals surface area contributed by atoms with Crippen molar-refractivity contribution in [2.75, 3.05) is 6.54 Å². The first-order chi connectivity index (χ1) is 10.2. The predicted molar refractivity (Wildman–Crippen MR) is 93.6 cm³/mol. The number of unbranched alkanes of at least 4 members (excludes halogenated alkanes) is 5. The molecule has 5 heteroatoms. The van der Waals surface area contributed by atoms with E-state index in [1.54, 1.807) is 6.20 Å². The maximum Gasteiger partial charge on any atom is 0.186 e. The average molecular weight is 306 g/mol. The zero-order valence-electron chi connectivity index (χ0n) is 13.1. The summed E-state index contributed by atoms with van der Waals surface area (Å²) in [7, 11) is 0. The monoisotopic (exact) mass is 306 g/mol. The van der Waals surface area contributed by atoms with E-state index >= 15 is 0 Å². The molecule has 4 nitrogen and oxygen atoms in total. The minimum absolute atomic E-state index is 0.568. The SMILES string of the molecule is CCCCCCCCNC(=S)NN=C(C)c1ccccn1. The zero-order valence-corrected chi connectivity index (χ0v) is 13.9. The van der Waals surface area contributed by atoms with Crippen LogP contribution in [-0.4, -0.2) is 22.4 Å². The lowest BCUT2D eigenvalue weighted by molar-refractivity contribution is 0.601. The Morgan fingerprint density at radius 2 is 1.95 bits per heavy atom. The minimum Gasteiger partial charge on any atom is -0.361 e. The van der Waals surface area contributed by atoms with Crippen LogP contribution in [0.25, 0.3) is 0 Å². The van der Waals surface area contributed by atoms with E-state index in [1.807, 2.05) is 25.1 Å². The second-order valence-corrected chi connectivity index (χ2v) is 5.46. The molecule has 0 amide bonds. The van der Waals surface area contributed by atoms with E-state index in [1.165, 1.54) is 32.1 Å². The van der Waals surface area contributed by atoms with Crippen molar-refractivity contribution in [2.24, 2.45) is 5.10 Å². The van der Waals surface area contributed by atoms with E-state index in [2.05, 4.69) is 27.8 Å². The molecule has 0 bridgehead atoms. The molecule has 1 aromatic heterocycles. The number of hydrogen-bond acceptors (Lipinski definition) is 3. The maximum absolute atomic E-state index is 5.19. The number of hydrogen-bond donors (Lipinski definition) is 2. The Kier molecular flexibility index (Phi) is 9.37. The van der Waals surface area contributed by atoms with E-state index in [0.717, 1.165) is 24.4 Å². The summed E-state index contributed by atoms with van der Waals surface area (Å²) < 4.78 is 0. The standard InChI is InChI=1S/C16H26N4S/c1-3-4-5-6-7-9-13-18-16(21)20-19-14(2)15-11-8-10-12-17-15/h8,10-12H,3-7,9,13H2,1-2H3,(H2,18,20,21). The lowest BCUT2D eigenvalue weighted by Gasteiger charge is -2.07. The summed E-state index contributed by atoms with van der Waals surface area (Å²) in [6.45, 7) is 5.04. The van der Waals surface area contributed by atoms with E-state index in [-0.39, 0.29) is 0 Å². The Bertz CT molecular complexity index is 431. The number of nitrogens with zero attached hydrogens (tertiary/aromatic N) is 2. The molecule has 2 N–H and O–H groups in total. The smallest absolute Gasteiger partial charge is 0.186 e. The fourth-order valence-corrected chi connectivity index (χ4v) is 2.06. The number of hydrazone groups is 1. The summed E-state index contributed by atoms with van der Waals surface area (Å²) in [5, 5.41) is 7.98. The van der Waals surface area contributed by atoms with Crippen molar-refractivity contribution < 1.29 is 0 Å². The highest BCUT2D eigenvalue weighted by molar-refractivity contribution is 7.80. The third-order valence-corrected chi connectivity index (χ3v) is 3.41. The predicted octanol–water partition coefficient (Wildman–Crippen LogP) is 3.63. The molecule has 0 saturated carbocycles. The molecule has 0 aliphatic carbocycles. The molecule has 0 aliphatic rings. The molecule has 1 aromatic rings. The summed E-state index contributed by atoms with van der Waals surface area (Å²) in [5.41, 5.74) is 4.53. The molecule has 0 spiro atoms. The molecule has 0 saturated heterocycles. The minimum atomic E-state index is 0.568. The van der Waals surface area contributed by atoms with Crippen LogP contribution in [0.15, 0.2) is 29.5 Å². The topological polar surface area (TPSA) is 49.3 Å². The van der Waals surface area contributed by atoms with Gasteiger partial charge in [0, 0.05) is 12.7 Å². The molecule has 0 unspecified atom stereocenters. The second-order valence-electron chi connectivity index (χ2n) is 5.05. The van der Waals surface area contributed by atoms with Crippen LogP contribution < -0.4 is 10.7 Å². The van der Waals surface area contributed by atoms with Crippen molar-refractivity contribution >= 4 is 23.0 Å². The molecule has 1 rings (SSSR count). The zero-order chi connectivity index (χ0) is 15.3. The Labute approximate surface area is 133 Å². The number of aromatic nitrogens is 1. The third-order valence-electron chi connectivity index (χ3n) is 3.18. The van der Waals surface area contributed by atoms with Crippen LogP contribution in [0.3, 0.4) is 0 Å². The van der Waals surface area contributed by atoms with Gasteiger partial charge in [0.25, 0.3) is 0 Å². The largest absolute Gasteiger partial charge is 0.361 e. The summed E-state index contributed by atoms with van der Waals surface area (Å²) in [6.07, 6.45) is 9.44. The number of rotatable bonds is 9. The summed E-state index contributed by atoms with van der Waals surface area (Å²) in [6, 6.07) is 5.75. The number of thiocarbonyl (C=S) groups is 1. The molecule has 0 aliphatic heterocycles. The maximum atomic E-state index is 5.19. The van der Waals surface area contributed by atoms with Gasteiger partial charge < -0.3 is 5.32 Å². The van der Waals surface area contributed by atoms with Gasteiger partial charge in [-0.05, 0) is 37.7 Å². The Hall–Kier alpha value is -1.49. The van der Waals surface area contributed by atoms with E-state index < -0.39 is 0 Å². The van der Waals surface area contributed by atoms with Crippen LogP contribution in [0.1, 0.15) is 58.1 Å². The fourth-order valence-electron chi connectivity index (χ4n) is 1.92. The van der Waals surface area contributed by atoms with Crippen LogP contribution in [0.2, 0.25) is 0 Å². The highest BCUT2D eigenvalue weighted by Gasteiger charge is 1.98. The van der Waals surface area contributed by atoms with Crippen LogP contribution >= 0.6 is 12.2 Å². The normalized spacial score (nSPS) is 11.2. The van der Waals surface area contributed by atoms with Crippen molar-refractivity contribution in [1.29, 1.82) is 0 Å². The third kappa shape index (κ3) is 8.40. The van der Waals surface area contributed by atoms with Crippen LogP contribution in [0, 0.1) is 0 Å². The summed E-state index contributed by atoms with van der Waals surface area (Å²) in [4.78, 5) is 4.23. The van der Waals surface area contributed by atoms with Gasteiger partial charge in [-0.1, -0.05) is 45.1 Å². The van der Waals surface area contributed by atoms with Gasteiger partial charge in [0.1, 0.15) is 0 Å². The van der Waals surface area contributed by atoms with Crippen LogP contribution in [0.4, 0.5) is 0 Å². The highest BCUT2D eigenvalue weighted by atomic mass is 32.1. The molecular weight excluding hydrogens is 280 g/mol. The first kappa shape index (κ1) is 17.6. The van der Waals surface area contributed by atoms with Gasteiger partial charge in [-0.15, -0.1) is 0 Å². The molecule has 0 radical (unpaired) electrons. The molecule has 0 atom stereocenters. The molecule has 116 valence electrons. The highest BCUT2D eigenvalue weighted by Crippen LogP contribution is 2.03.